The molecule has 0 aromatic carbocycles. The Morgan fingerprint density at radius 1 is 1.50 bits per heavy atom. The van der Waals surface area contributed by atoms with Gasteiger partial charge in [-0.1, -0.05) is 24.6 Å². The minimum atomic E-state index is -1.06. The van der Waals surface area contributed by atoms with E-state index in [-0.39, 0.29) is 29.7 Å². The van der Waals surface area contributed by atoms with Gasteiger partial charge in [0.15, 0.2) is 0 Å². The van der Waals surface area contributed by atoms with E-state index in [2.05, 4.69) is 0 Å². The molecule has 0 amide bonds. The number of hydrogen-bond donors (Lipinski definition) is 1. The smallest absolute Gasteiger partial charge is 0.309 e. The average Bonchev–Trinajstić information content (AvgIpc) is 2.81. The van der Waals surface area contributed by atoms with E-state index >= 15 is 0 Å². The van der Waals surface area contributed by atoms with Crippen LogP contribution in [0.2, 0.25) is 0 Å². The molecule has 0 spiro atoms. The molecule has 1 saturated heterocycles. The summed E-state index contributed by atoms with van der Waals surface area (Å²) in [5.41, 5.74) is 1.01. The first-order valence-electron chi connectivity index (χ1n) is 7.71. The molecular weight excluding hydrogens is 284 g/mol. The van der Waals surface area contributed by atoms with Crippen LogP contribution in [0, 0.1) is 17.8 Å². The lowest BCUT2D eigenvalue weighted by atomic mass is 9.76. The Balaban J connectivity index is 2.07. The number of aliphatic hydroxyl groups is 1. The molecule has 2 aliphatic carbocycles. The van der Waals surface area contributed by atoms with Crippen LogP contribution >= 0.6 is 0 Å². The van der Waals surface area contributed by atoms with Crippen molar-refractivity contribution in [3.63, 3.8) is 0 Å². The number of carbonyl (C=O) groups excluding carboxylic acids is 2. The highest BCUT2D eigenvalue weighted by Crippen LogP contribution is 2.50. The predicted octanol–water partition coefficient (Wildman–Crippen LogP) is 1.75. The quantitative estimate of drug-likeness (QED) is 0.747. The molecule has 0 unspecified atom stereocenters. The van der Waals surface area contributed by atoms with E-state index in [1.165, 1.54) is 6.92 Å². The molecule has 3 aliphatic rings. The van der Waals surface area contributed by atoms with Gasteiger partial charge in [-0.25, -0.2) is 0 Å². The first-order valence-corrected chi connectivity index (χ1v) is 7.71. The minimum absolute atomic E-state index is 0.236. The fourth-order valence-electron chi connectivity index (χ4n) is 4.17. The monoisotopic (exact) mass is 306 g/mol. The zero-order valence-electron chi connectivity index (χ0n) is 13.3. The molecule has 5 heteroatoms. The van der Waals surface area contributed by atoms with E-state index in [0.717, 1.165) is 11.1 Å². The van der Waals surface area contributed by atoms with E-state index in [4.69, 9.17) is 9.47 Å². The zero-order chi connectivity index (χ0) is 16.2. The van der Waals surface area contributed by atoms with Crippen molar-refractivity contribution in [2.75, 3.05) is 0 Å². The van der Waals surface area contributed by atoms with Gasteiger partial charge in [0, 0.05) is 19.3 Å². The van der Waals surface area contributed by atoms with Crippen molar-refractivity contribution in [1.29, 1.82) is 0 Å². The van der Waals surface area contributed by atoms with E-state index in [1.54, 1.807) is 19.9 Å². The lowest BCUT2D eigenvalue weighted by Gasteiger charge is -2.34. The summed E-state index contributed by atoms with van der Waals surface area (Å²) < 4.78 is 11.1. The molecule has 0 saturated carbocycles. The molecule has 1 N–H and O–H groups in total. The highest BCUT2D eigenvalue weighted by Gasteiger charge is 2.57. The van der Waals surface area contributed by atoms with Gasteiger partial charge >= 0.3 is 11.9 Å². The molecule has 22 heavy (non-hydrogen) atoms. The summed E-state index contributed by atoms with van der Waals surface area (Å²) in [6.45, 7) is 6.90. The number of esters is 2. The summed E-state index contributed by atoms with van der Waals surface area (Å²) in [4.78, 5) is 23.5. The Labute approximate surface area is 130 Å². The summed E-state index contributed by atoms with van der Waals surface area (Å²) in [7, 11) is 0. The lowest BCUT2D eigenvalue weighted by Crippen LogP contribution is -2.44. The van der Waals surface area contributed by atoms with Gasteiger partial charge in [-0.15, -0.1) is 0 Å². The van der Waals surface area contributed by atoms with Gasteiger partial charge in [-0.2, -0.15) is 0 Å². The summed E-state index contributed by atoms with van der Waals surface area (Å²) in [6.07, 6.45) is 3.37. The maximum Gasteiger partial charge on any atom is 0.309 e. The zero-order valence-corrected chi connectivity index (χ0v) is 13.3. The highest BCUT2D eigenvalue weighted by molar-refractivity contribution is 5.75. The van der Waals surface area contributed by atoms with Crippen LogP contribution in [0.3, 0.4) is 0 Å². The molecular formula is C17H22O5. The Morgan fingerprint density at radius 3 is 2.82 bits per heavy atom. The second kappa shape index (κ2) is 4.95. The normalized spacial score (nSPS) is 43.5. The number of hydrogen-bond acceptors (Lipinski definition) is 5. The number of rotatable bonds is 1. The summed E-state index contributed by atoms with van der Waals surface area (Å²) in [5.74, 6) is -1.53. The fraction of sp³-hybridized carbons (Fsp3) is 0.647. The molecule has 1 heterocycles. The van der Waals surface area contributed by atoms with E-state index in [0.29, 0.717) is 6.42 Å². The van der Waals surface area contributed by atoms with Crippen molar-refractivity contribution in [3.8, 4) is 0 Å². The van der Waals surface area contributed by atoms with Crippen LogP contribution in [0.4, 0.5) is 0 Å². The Bertz CT molecular complexity index is 586. The molecule has 3 rings (SSSR count). The third-order valence-electron chi connectivity index (χ3n) is 5.22. The van der Waals surface area contributed by atoms with E-state index in [9.17, 15) is 14.7 Å². The van der Waals surface area contributed by atoms with Gasteiger partial charge in [0.05, 0.1) is 17.4 Å². The Kier molecular flexibility index (Phi) is 3.44. The SMILES string of the molecule is CC(=O)O[C@@H]1CC(C)=C2C=C[C@@](C)(O)[C@@H]2[C@H]2OC(=O)[C@@H](C)[C@@H]21. The number of carbonyl (C=O) groups is 2. The lowest BCUT2D eigenvalue weighted by molar-refractivity contribution is -0.151. The first-order chi connectivity index (χ1) is 10.2. The van der Waals surface area contributed by atoms with Gasteiger partial charge < -0.3 is 14.6 Å². The molecule has 6 atom stereocenters. The molecule has 1 fully saturated rings. The van der Waals surface area contributed by atoms with Crippen molar-refractivity contribution < 1.29 is 24.2 Å². The van der Waals surface area contributed by atoms with Crippen LogP contribution in [0.5, 0.6) is 0 Å². The van der Waals surface area contributed by atoms with Crippen LogP contribution in [-0.4, -0.2) is 34.9 Å². The third kappa shape index (κ3) is 2.19. The third-order valence-corrected chi connectivity index (χ3v) is 5.22. The summed E-state index contributed by atoms with van der Waals surface area (Å²) >= 11 is 0. The second-order valence-corrected chi connectivity index (χ2v) is 6.89. The number of fused-ring (bicyclic) bond motifs is 3. The van der Waals surface area contributed by atoms with E-state index < -0.39 is 17.8 Å². The van der Waals surface area contributed by atoms with Crippen LogP contribution in [0.1, 0.15) is 34.1 Å². The van der Waals surface area contributed by atoms with Crippen LogP contribution in [0.15, 0.2) is 23.3 Å². The molecule has 5 nitrogen and oxygen atoms in total. The first kappa shape index (κ1) is 15.3. The van der Waals surface area contributed by atoms with Gasteiger partial charge in [0.2, 0.25) is 0 Å². The van der Waals surface area contributed by atoms with Crippen molar-refractivity contribution in [2.45, 2.75) is 51.9 Å². The molecule has 0 bridgehead atoms. The number of ether oxygens (including phenoxy) is 2. The predicted molar refractivity (Wildman–Crippen MR) is 78.7 cm³/mol. The van der Waals surface area contributed by atoms with E-state index in [1.807, 2.05) is 13.0 Å². The molecule has 120 valence electrons. The molecule has 1 aliphatic heterocycles. The highest BCUT2D eigenvalue weighted by atomic mass is 16.6. The topological polar surface area (TPSA) is 72.8 Å². The Morgan fingerprint density at radius 2 is 2.18 bits per heavy atom. The van der Waals surface area contributed by atoms with Crippen molar-refractivity contribution in [2.24, 2.45) is 17.8 Å². The fourth-order valence-corrected chi connectivity index (χ4v) is 4.17. The van der Waals surface area contributed by atoms with Gasteiger partial charge in [-0.05, 0) is 19.4 Å². The standard InChI is InChI=1S/C17H22O5/c1-8-7-12(21-10(3)18)13-9(2)16(19)22-15(13)14-11(8)5-6-17(14,4)20/h5-6,9,12-15,20H,7H2,1-4H3/t9-,12+,13+,14-,15-,17+/m0/s1. The van der Waals surface area contributed by atoms with Gasteiger partial charge in [0.25, 0.3) is 0 Å². The molecule has 0 aromatic rings. The van der Waals surface area contributed by atoms with Crippen molar-refractivity contribution >= 4 is 11.9 Å². The van der Waals surface area contributed by atoms with Crippen molar-refractivity contribution in [3.05, 3.63) is 23.3 Å². The van der Waals surface area contributed by atoms with Gasteiger partial charge in [0.1, 0.15) is 12.2 Å². The Hall–Kier alpha value is -1.62. The number of allylic oxidation sites excluding steroid dienone is 1. The van der Waals surface area contributed by atoms with Crippen LogP contribution in [0.25, 0.3) is 0 Å². The van der Waals surface area contributed by atoms with Crippen molar-refractivity contribution in [1.82, 2.24) is 0 Å². The van der Waals surface area contributed by atoms with Crippen LogP contribution in [-0.2, 0) is 19.1 Å². The maximum atomic E-state index is 12.1. The second-order valence-electron chi connectivity index (χ2n) is 6.89. The summed E-state index contributed by atoms with van der Waals surface area (Å²) in [5, 5.41) is 10.7. The molecule has 0 aromatic heterocycles. The minimum Gasteiger partial charge on any atom is -0.462 e. The average molecular weight is 306 g/mol. The largest absolute Gasteiger partial charge is 0.462 e. The van der Waals surface area contributed by atoms with Crippen LogP contribution < -0.4 is 0 Å². The van der Waals surface area contributed by atoms with Gasteiger partial charge in [-0.3, -0.25) is 9.59 Å². The summed E-state index contributed by atoms with van der Waals surface area (Å²) in [6, 6.07) is 0. The maximum absolute atomic E-state index is 12.1. The molecule has 0 radical (unpaired) electrons.